The minimum atomic E-state index is 0.380. The van der Waals surface area contributed by atoms with E-state index in [1.165, 1.54) is 32.1 Å². The van der Waals surface area contributed by atoms with Gasteiger partial charge in [-0.25, -0.2) is 0 Å². The molecule has 3 fully saturated rings. The Morgan fingerprint density at radius 2 is 2.12 bits per heavy atom. The van der Waals surface area contributed by atoms with E-state index in [2.05, 4.69) is 17.1 Å². The van der Waals surface area contributed by atoms with Crippen molar-refractivity contribution in [3.63, 3.8) is 0 Å². The normalized spacial score (nSPS) is 32.2. The molecule has 3 nitrogen and oxygen atoms in total. The quantitative estimate of drug-likeness (QED) is 0.765. The fraction of sp³-hybridized carbons (Fsp3) is 0.923. The van der Waals surface area contributed by atoms with Gasteiger partial charge in [0.25, 0.3) is 0 Å². The Kier molecular flexibility index (Phi) is 2.66. The van der Waals surface area contributed by atoms with Gasteiger partial charge in [-0.1, -0.05) is 6.92 Å². The van der Waals surface area contributed by atoms with Crippen molar-refractivity contribution in [1.29, 1.82) is 0 Å². The first-order valence-corrected chi connectivity index (χ1v) is 6.83. The van der Waals surface area contributed by atoms with Crippen molar-refractivity contribution in [3.8, 4) is 0 Å². The fourth-order valence-corrected chi connectivity index (χ4v) is 2.97. The van der Waals surface area contributed by atoms with Gasteiger partial charge in [0, 0.05) is 31.1 Å². The molecule has 0 aromatic carbocycles. The summed E-state index contributed by atoms with van der Waals surface area (Å²) in [6.07, 6.45) is 7.19. The van der Waals surface area contributed by atoms with Crippen LogP contribution in [0, 0.1) is 5.92 Å². The van der Waals surface area contributed by atoms with Crippen LogP contribution in [-0.4, -0.2) is 35.5 Å². The van der Waals surface area contributed by atoms with Crippen LogP contribution in [-0.2, 0) is 4.79 Å². The Balaban J connectivity index is 1.53. The van der Waals surface area contributed by atoms with Crippen LogP contribution < -0.4 is 5.32 Å². The largest absolute Gasteiger partial charge is 0.338 e. The molecule has 3 heteroatoms. The molecule has 90 valence electrons. The van der Waals surface area contributed by atoms with Crippen molar-refractivity contribution in [2.24, 2.45) is 5.92 Å². The van der Waals surface area contributed by atoms with Crippen LogP contribution in [0.3, 0.4) is 0 Å². The van der Waals surface area contributed by atoms with Gasteiger partial charge in [0.2, 0.25) is 5.91 Å². The van der Waals surface area contributed by atoms with Crippen LogP contribution in [0.1, 0.15) is 45.4 Å². The minimum absolute atomic E-state index is 0.380. The molecule has 0 radical (unpaired) electrons. The maximum absolute atomic E-state index is 11.8. The highest BCUT2D eigenvalue weighted by atomic mass is 16.2. The van der Waals surface area contributed by atoms with E-state index >= 15 is 0 Å². The molecule has 0 aromatic rings. The highest BCUT2D eigenvalue weighted by Gasteiger charge is 2.40. The summed E-state index contributed by atoms with van der Waals surface area (Å²) in [7, 11) is 0. The third kappa shape index (κ3) is 2.10. The van der Waals surface area contributed by atoms with E-state index < -0.39 is 0 Å². The van der Waals surface area contributed by atoms with Gasteiger partial charge in [0.05, 0.1) is 0 Å². The molecule has 1 heterocycles. The molecule has 1 aliphatic heterocycles. The fourth-order valence-electron chi connectivity index (χ4n) is 2.97. The highest BCUT2D eigenvalue weighted by molar-refractivity contribution is 5.80. The Labute approximate surface area is 97.6 Å². The first kappa shape index (κ1) is 10.6. The summed E-state index contributed by atoms with van der Waals surface area (Å²) in [5, 5.41) is 3.71. The third-order valence-corrected chi connectivity index (χ3v) is 4.23. The van der Waals surface area contributed by atoms with Gasteiger partial charge in [0.1, 0.15) is 0 Å². The molecule has 0 bridgehead atoms. The van der Waals surface area contributed by atoms with Gasteiger partial charge < -0.3 is 10.2 Å². The minimum Gasteiger partial charge on any atom is -0.338 e. The van der Waals surface area contributed by atoms with E-state index in [1.807, 2.05) is 0 Å². The second kappa shape index (κ2) is 4.02. The number of rotatable bonds is 5. The van der Waals surface area contributed by atoms with Crippen molar-refractivity contribution in [2.75, 3.05) is 6.54 Å². The number of likely N-dealkylation sites (tertiary alicyclic amines) is 1. The van der Waals surface area contributed by atoms with Gasteiger partial charge >= 0.3 is 0 Å². The summed E-state index contributed by atoms with van der Waals surface area (Å²) in [6, 6.07) is 1.69. The second-order valence-corrected chi connectivity index (χ2v) is 5.70. The number of hydrogen-bond donors (Lipinski definition) is 1. The molecule has 1 amide bonds. The van der Waals surface area contributed by atoms with Crippen molar-refractivity contribution in [2.45, 2.75) is 63.6 Å². The molecule has 2 saturated carbocycles. The summed E-state index contributed by atoms with van der Waals surface area (Å²) >= 11 is 0. The second-order valence-electron chi connectivity index (χ2n) is 5.70. The molecule has 3 rings (SSSR count). The van der Waals surface area contributed by atoms with Crippen LogP contribution in [0.2, 0.25) is 0 Å². The lowest BCUT2D eigenvalue weighted by molar-refractivity contribution is -0.128. The molecular weight excluding hydrogens is 200 g/mol. The number of amides is 1. The van der Waals surface area contributed by atoms with Gasteiger partial charge in [-0.2, -0.15) is 0 Å². The number of carbonyl (C=O) groups excluding carboxylic acids is 1. The maximum atomic E-state index is 11.8. The summed E-state index contributed by atoms with van der Waals surface area (Å²) < 4.78 is 0. The average molecular weight is 222 g/mol. The van der Waals surface area contributed by atoms with Crippen LogP contribution in [0.5, 0.6) is 0 Å². The molecule has 1 saturated heterocycles. The summed E-state index contributed by atoms with van der Waals surface area (Å²) in [5.74, 6) is 1.28. The van der Waals surface area contributed by atoms with Gasteiger partial charge in [-0.15, -0.1) is 0 Å². The average Bonchev–Trinajstić information content (AvgIpc) is 3.13. The van der Waals surface area contributed by atoms with E-state index in [9.17, 15) is 4.79 Å². The molecular formula is C13H22N2O. The zero-order valence-corrected chi connectivity index (χ0v) is 10.1. The molecule has 2 aliphatic carbocycles. The van der Waals surface area contributed by atoms with E-state index in [0.29, 0.717) is 24.0 Å². The van der Waals surface area contributed by atoms with Crippen LogP contribution in [0.4, 0.5) is 0 Å². The third-order valence-electron chi connectivity index (χ3n) is 4.23. The van der Waals surface area contributed by atoms with E-state index in [4.69, 9.17) is 0 Å². The van der Waals surface area contributed by atoms with Crippen LogP contribution in [0.25, 0.3) is 0 Å². The molecule has 2 atom stereocenters. The topological polar surface area (TPSA) is 32.3 Å². The standard InChI is InChI=1S/C13H22N2O/c1-2-12(9-3-4-9)14-10-7-13(16)15(8-10)11-5-6-11/h9-12,14H,2-8H2,1H3. The predicted molar refractivity (Wildman–Crippen MR) is 63.1 cm³/mol. The number of hydrogen-bond acceptors (Lipinski definition) is 2. The summed E-state index contributed by atoms with van der Waals surface area (Å²) in [4.78, 5) is 13.9. The summed E-state index contributed by atoms with van der Waals surface area (Å²) in [6.45, 7) is 3.22. The Morgan fingerprint density at radius 1 is 1.38 bits per heavy atom. The van der Waals surface area contributed by atoms with Gasteiger partial charge in [-0.05, 0) is 38.0 Å². The smallest absolute Gasteiger partial charge is 0.224 e. The lowest BCUT2D eigenvalue weighted by Crippen LogP contribution is -2.41. The van der Waals surface area contributed by atoms with Gasteiger partial charge in [-0.3, -0.25) is 4.79 Å². The predicted octanol–water partition coefficient (Wildman–Crippen LogP) is 1.53. The first-order chi connectivity index (χ1) is 7.78. The molecule has 3 aliphatic rings. The molecule has 1 N–H and O–H groups in total. The van der Waals surface area contributed by atoms with Crippen LogP contribution in [0.15, 0.2) is 0 Å². The molecule has 0 spiro atoms. The first-order valence-electron chi connectivity index (χ1n) is 6.83. The zero-order valence-electron chi connectivity index (χ0n) is 10.1. The molecule has 2 unspecified atom stereocenters. The number of carbonyl (C=O) groups is 1. The van der Waals surface area contributed by atoms with Crippen LogP contribution >= 0.6 is 0 Å². The lowest BCUT2D eigenvalue weighted by Gasteiger charge is -2.21. The maximum Gasteiger partial charge on any atom is 0.224 e. The monoisotopic (exact) mass is 222 g/mol. The van der Waals surface area contributed by atoms with Crippen molar-refractivity contribution >= 4 is 5.91 Å². The number of nitrogens with one attached hydrogen (secondary N) is 1. The highest BCUT2D eigenvalue weighted by Crippen LogP contribution is 2.35. The zero-order chi connectivity index (χ0) is 11.1. The molecule has 0 aromatic heterocycles. The van der Waals surface area contributed by atoms with E-state index in [1.54, 1.807) is 0 Å². The number of nitrogens with zero attached hydrogens (tertiary/aromatic N) is 1. The summed E-state index contributed by atoms with van der Waals surface area (Å²) in [5.41, 5.74) is 0. The van der Waals surface area contributed by atoms with Crippen molar-refractivity contribution in [3.05, 3.63) is 0 Å². The van der Waals surface area contributed by atoms with Crippen molar-refractivity contribution < 1.29 is 4.79 Å². The Morgan fingerprint density at radius 3 is 2.69 bits per heavy atom. The Hall–Kier alpha value is -0.570. The van der Waals surface area contributed by atoms with E-state index in [0.717, 1.165) is 18.9 Å². The van der Waals surface area contributed by atoms with Gasteiger partial charge in [0.15, 0.2) is 0 Å². The lowest BCUT2D eigenvalue weighted by atomic mass is 10.1. The van der Waals surface area contributed by atoms with E-state index in [-0.39, 0.29) is 0 Å². The SMILES string of the molecule is CCC(NC1CC(=O)N(C2CC2)C1)C1CC1. The van der Waals surface area contributed by atoms with Crippen molar-refractivity contribution in [1.82, 2.24) is 10.2 Å². The molecule has 16 heavy (non-hydrogen) atoms. The Bertz CT molecular complexity index is 284.